The molecule has 0 spiro atoms. The van der Waals surface area contributed by atoms with Crippen molar-refractivity contribution in [3.63, 3.8) is 0 Å². The molecule has 1 saturated heterocycles. The minimum atomic E-state index is -1.41. The summed E-state index contributed by atoms with van der Waals surface area (Å²) in [5.41, 5.74) is 2.87. The number of fused-ring (bicyclic) bond motifs is 1. The van der Waals surface area contributed by atoms with Crippen LogP contribution in [-0.4, -0.2) is 56.0 Å². The Morgan fingerprint density at radius 1 is 0.929 bits per heavy atom. The Morgan fingerprint density at radius 2 is 1.64 bits per heavy atom. The van der Waals surface area contributed by atoms with Gasteiger partial charge >= 0.3 is 0 Å². The summed E-state index contributed by atoms with van der Waals surface area (Å²) >= 11 is 2.26. The third-order valence-corrected chi connectivity index (χ3v) is 5.97. The Kier molecular flexibility index (Phi) is 5.73. The molecular weight excluding hydrogens is 473 g/mol. The molecule has 0 saturated carbocycles. The maximum absolute atomic E-state index is 10.6. The van der Waals surface area contributed by atoms with Crippen molar-refractivity contribution in [2.45, 2.75) is 37.1 Å². The Bertz CT molecular complexity index is 955. The Balaban J connectivity index is 1.79. The average Bonchev–Trinajstić information content (AvgIpc) is 3.06. The van der Waals surface area contributed by atoms with E-state index in [-0.39, 0.29) is 0 Å². The maximum atomic E-state index is 10.6. The van der Waals surface area contributed by atoms with Gasteiger partial charge in [0.2, 0.25) is 0 Å². The van der Waals surface area contributed by atoms with Crippen molar-refractivity contribution in [2.75, 3.05) is 6.61 Å². The molecule has 4 rings (SSSR count). The van der Waals surface area contributed by atoms with E-state index in [0.717, 1.165) is 25.7 Å². The monoisotopic (exact) mass is 495 g/mol. The number of rotatable bonds is 4. The van der Waals surface area contributed by atoms with Crippen LogP contribution in [0.5, 0.6) is 0 Å². The summed E-state index contributed by atoms with van der Waals surface area (Å²) in [7, 11) is 0. The molecule has 2 heterocycles. The molecule has 7 heteroatoms. The zero-order valence-electron chi connectivity index (χ0n) is 15.0. The summed E-state index contributed by atoms with van der Waals surface area (Å²) in [6.07, 6.45) is -5.38. The molecule has 1 aliphatic rings. The zero-order chi connectivity index (χ0) is 19.8. The van der Waals surface area contributed by atoms with Crippen molar-refractivity contribution in [2.24, 2.45) is 0 Å². The lowest BCUT2D eigenvalue weighted by atomic mass is 9.98. The van der Waals surface area contributed by atoms with Crippen LogP contribution in [0.25, 0.3) is 10.9 Å². The Morgan fingerprint density at radius 3 is 2.36 bits per heavy atom. The number of halogens is 1. The number of aliphatic hydroxyl groups excluding tert-OH is 4. The minimum Gasteiger partial charge on any atom is -0.394 e. The van der Waals surface area contributed by atoms with Crippen LogP contribution in [0.15, 0.2) is 54.6 Å². The molecule has 0 unspecified atom stereocenters. The summed E-state index contributed by atoms with van der Waals surface area (Å²) in [6, 6.07) is 18.0. The molecule has 1 aliphatic heterocycles. The number of aliphatic hydroxyl groups is 4. The number of aromatic nitrogens is 1. The summed E-state index contributed by atoms with van der Waals surface area (Å²) in [5.74, 6) is 0. The minimum absolute atomic E-state index is 0.451. The number of nitrogens with zero attached hydrogens (tertiary/aromatic N) is 1. The molecule has 4 N–H and O–H groups in total. The van der Waals surface area contributed by atoms with Gasteiger partial charge in [-0.05, 0) is 57.8 Å². The molecular formula is C21H22INO5. The highest BCUT2D eigenvalue weighted by molar-refractivity contribution is 14.1. The second kappa shape index (κ2) is 8.10. The Hall–Kier alpha value is -1.49. The lowest BCUT2D eigenvalue weighted by Gasteiger charge is -2.41. The van der Waals surface area contributed by atoms with Gasteiger partial charge in [0.05, 0.1) is 12.1 Å². The third kappa shape index (κ3) is 3.58. The molecule has 0 bridgehead atoms. The molecule has 6 nitrogen and oxygen atoms in total. The smallest absolute Gasteiger partial charge is 0.163 e. The van der Waals surface area contributed by atoms with Crippen molar-refractivity contribution < 1.29 is 25.2 Å². The highest BCUT2D eigenvalue weighted by Gasteiger charge is 2.44. The van der Waals surface area contributed by atoms with E-state index in [2.05, 4.69) is 34.7 Å². The highest BCUT2D eigenvalue weighted by atomic mass is 127. The fourth-order valence-electron chi connectivity index (χ4n) is 3.78. The van der Waals surface area contributed by atoms with Gasteiger partial charge in [-0.2, -0.15) is 0 Å². The number of ether oxygens (including phenoxy) is 1. The molecule has 5 atom stereocenters. The van der Waals surface area contributed by atoms with Crippen molar-refractivity contribution >= 4 is 33.5 Å². The van der Waals surface area contributed by atoms with Gasteiger partial charge in [-0.1, -0.05) is 30.3 Å². The Labute approximate surface area is 176 Å². The van der Waals surface area contributed by atoms with Crippen LogP contribution in [0, 0.1) is 3.57 Å². The second-order valence-corrected chi connectivity index (χ2v) is 8.33. The average molecular weight is 495 g/mol. The van der Waals surface area contributed by atoms with Gasteiger partial charge < -0.3 is 29.7 Å². The van der Waals surface area contributed by atoms with Gasteiger partial charge in [-0.15, -0.1) is 0 Å². The number of hydrogen-bond acceptors (Lipinski definition) is 5. The number of hydrogen-bond donors (Lipinski definition) is 4. The van der Waals surface area contributed by atoms with Crippen molar-refractivity contribution in [1.29, 1.82) is 0 Å². The normalized spacial score (nSPS) is 28.0. The first kappa shape index (κ1) is 19.8. The SMILES string of the molecule is OC[C@H]1O[C@@H](n2c(Cc3ccc(I)cc3)cc3ccccc32)[C@H](O)[C@@H](O)[C@@H]1O. The van der Waals surface area contributed by atoms with E-state index in [0.29, 0.717) is 6.42 Å². The van der Waals surface area contributed by atoms with E-state index in [9.17, 15) is 20.4 Å². The topological polar surface area (TPSA) is 95.1 Å². The molecule has 0 aliphatic carbocycles. The van der Waals surface area contributed by atoms with Gasteiger partial charge in [0.1, 0.15) is 24.4 Å². The van der Waals surface area contributed by atoms with Crippen molar-refractivity contribution in [1.82, 2.24) is 4.57 Å². The summed E-state index contributed by atoms with van der Waals surface area (Å²) in [5, 5.41) is 41.5. The standard InChI is InChI=1S/C21H22INO5/c22-14-7-5-12(6-8-14)9-15-10-13-3-1-2-4-16(13)23(15)21-20(27)19(26)18(25)17(11-24)28-21/h1-8,10,17-21,24-27H,9,11H2/t17-,18-,19+,20-,21-/m1/s1. The van der Waals surface area contributed by atoms with Crippen molar-refractivity contribution in [3.05, 3.63) is 69.4 Å². The van der Waals surface area contributed by atoms with E-state index >= 15 is 0 Å². The number of para-hydroxylation sites is 1. The third-order valence-electron chi connectivity index (χ3n) is 5.25. The quantitative estimate of drug-likeness (QED) is 0.415. The van der Waals surface area contributed by atoms with Gasteiger partial charge in [0, 0.05) is 15.7 Å². The van der Waals surface area contributed by atoms with Crippen LogP contribution in [0.1, 0.15) is 17.5 Å². The van der Waals surface area contributed by atoms with E-state index in [4.69, 9.17) is 4.74 Å². The van der Waals surface area contributed by atoms with Gasteiger partial charge in [0.15, 0.2) is 6.23 Å². The zero-order valence-corrected chi connectivity index (χ0v) is 17.2. The van der Waals surface area contributed by atoms with Gasteiger partial charge in [-0.3, -0.25) is 0 Å². The summed E-state index contributed by atoms with van der Waals surface area (Å²) in [4.78, 5) is 0. The fraction of sp³-hybridized carbons (Fsp3) is 0.333. The van der Waals surface area contributed by atoms with E-state index < -0.39 is 37.3 Å². The van der Waals surface area contributed by atoms with E-state index in [1.165, 1.54) is 0 Å². The molecule has 148 valence electrons. The van der Waals surface area contributed by atoms with Crippen LogP contribution in [0.3, 0.4) is 0 Å². The van der Waals surface area contributed by atoms with Crippen LogP contribution < -0.4 is 0 Å². The first-order valence-corrected chi connectivity index (χ1v) is 10.2. The second-order valence-electron chi connectivity index (χ2n) is 7.09. The first-order chi connectivity index (χ1) is 13.5. The molecule has 28 heavy (non-hydrogen) atoms. The van der Waals surface area contributed by atoms with Crippen LogP contribution in [0.2, 0.25) is 0 Å². The first-order valence-electron chi connectivity index (χ1n) is 9.13. The highest BCUT2D eigenvalue weighted by Crippen LogP contribution is 2.34. The molecule has 2 aromatic carbocycles. The van der Waals surface area contributed by atoms with Crippen LogP contribution in [0.4, 0.5) is 0 Å². The van der Waals surface area contributed by atoms with Crippen molar-refractivity contribution in [3.8, 4) is 0 Å². The predicted octanol–water partition coefficient (Wildman–Crippen LogP) is 1.81. The molecule has 1 fully saturated rings. The number of benzene rings is 2. The fourth-order valence-corrected chi connectivity index (χ4v) is 4.14. The maximum Gasteiger partial charge on any atom is 0.163 e. The van der Waals surface area contributed by atoms with Gasteiger partial charge in [-0.25, -0.2) is 0 Å². The lowest BCUT2D eigenvalue weighted by Crippen LogP contribution is -2.56. The molecule has 0 radical (unpaired) electrons. The van der Waals surface area contributed by atoms with Gasteiger partial charge in [0.25, 0.3) is 0 Å². The summed E-state index contributed by atoms with van der Waals surface area (Å²) < 4.78 is 8.84. The molecule has 3 aromatic rings. The van der Waals surface area contributed by atoms with E-state index in [1.54, 1.807) is 0 Å². The molecule has 0 amide bonds. The summed E-state index contributed by atoms with van der Waals surface area (Å²) in [6.45, 7) is -0.451. The van der Waals surface area contributed by atoms with E-state index in [1.807, 2.05) is 47.0 Å². The lowest BCUT2D eigenvalue weighted by molar-refractivity contribution is -0.250. The van der Waals surface area contributed by atoms with Crippen LogP contribution >= 0.6 is 22.6 Å². The predicted molar refractivity (Wildman–Crippen MR) is 113 cm³/mol. The van der Waals surface area contributed by atoms with Crippen LogP contribution in [-0.2, 0) is 11.2 Å². The molecule has 1 aromatic heterocycles. The largest absolute Gasteiger partial charge is 0.394 e.